The maximum Gasteiger partial charge on any atom is 0.269 e. The number of ether oxygens (including phenoxy) is 1. The van der Waals surface area contributed by atoms with Gasteiger partial charge in [-0.25, -0.2) is 0 Å². The fourth-order valence-electron chi connectivity index (χ4n) is 5.96. The molecule has 228 valence electrons. The SMILES string of the molecule is O=C(CSc1nnc(COc2ccc(C3CCCCC3)cc2)n1-c1ccccc1)N1CCN(c2ccc([N+](=O)[O-])cc2)CC1. The summed E-state index contributed by atoms with van der Waals surface area (Å²) in [4.78, 5) is 27.7. The molecule has 0 bridgehead atoms. The van der Waals surface area contributed by atoms with Crippen LogP contribution in [0.3, 0.4) is 0 Å². The number of thioether (sulfide) groups is 1. The number of non-ortho nitro benzene ring substituents is 1. The van der Waals surface area contributed by atoms with Crippen molar-refractivity contribution in [1.29, 1.82) is 0 Å². The number of para-hydroxylation sites is 1. The molecule has 44 heavy (non-hydrogen) atoms. The van der Waals surface area contributed by atoms with Crippen molar-refractivity contribution in [2.24, 2.45) is 0 Å². The minimum absolute atomic E-state index is 0.0387. The van der Waals surface area contributed by atoms with E-state index in [1.165, 1.54) is 61.6 Å². The molecule has 1 aliphatic heterocycles. The zero-order valence-corrected chi connectivity index (χ0v) is 25.4. The molecule has 1 aromatic heterocycles. The van der Waals surface area contributed by atoms with Crippen LogP contribution in [0, 0.1) is 10.1 Å². The minimum atomic E-state index is -0.400. The summed E-state index contributed by atoms with van der Waals surface area (Å²) in [6.45, 7) is 2.75. The third-order valence-corrected chi connectivity index (χ3v) is 9.34. The number of nitro benzene ring substituents is 1. The Bertz CT molecular complexity index is 1550. The van der Waals surface area contributed by atoms with Gasteiger partial charge in [0, 0.05) is 49.7 Å². The van der Waals surface area contributed by atoms with Gasteiger partial charge in [-0.15, -0.1) is 10.2 Å². The molecule has 6 rings (SSSR count). The van der Waals surface area contributed by atoms with Gasteiger partial charge in [-0.05, 0) is 60.7 Å². The molecule has 0 unspecified atom stereocenters. The Morgan fingerprint density at radius 2 is 1.57 bits per heavy atom. The Balaban J connectivity index is 1.06. The number of benzene rings is 3. The topological polar surface area (TPSA) is 107 Å². The van der Waals surface area contributed by atoms with E-state index in [9.17, 15) is 14.9 Å². The molecule has 2 aliphatic rings. The minimum Gasteiger partial charge on any atom is -0.486 e. The first-order valence-corrected chi connectivity index (χ1v) is 16.2. The molecule has 1 saturated carbocycles. The largest absolute Gasteiger partial charge is 0.486 e. The highest BCUT2D eigenvalue weighted by molar-refractivity contribution is 7.99. The first-order chi connectivity index (χ1) is 21.5. The predicted molar refractivity (Wildman–Crippen MR) is 171 cm³/mol. The Kier molecular flexibility index (Phi) is 9.40. The van der Waals surface area contributed by atoms with Crippen LogP contribution in [0.5, 0.6) is 5.75 Å². The predicted octanol–water partition coefficient (Wildman–Crippen LogP) is 6.24. The summed E-state index contributed by atoms with van der Waals surface area (Å²) >= 11 is 1.37. The third-order valence-electron chi connectivity index (χ3n) is 8.42. The van der Waals surface area contributed by atoms with Crippen molar-refractivity contribution in [2.45, 2.75) is 49.8 Å². The van der Waals surface area contributed by atoms with Gasteiger partial charge in [0.1, 0.15) is 12.4 Å². The maximum atomic E-state index is 13.2. The van der Waals surface area contributed by atoms with Crippen molar-refractivity contribution in [2.75, 3.05) is 36.8 Å². The van der Waals surface area contributed by atoms with E-state index in [0.717, 1.165) is 17.1 Å². The van der Waals surface area contributed by atoms with E-state index in [4.69, 9.17) is 4.74 Å². The number of anilines is 1. The van der Waals surface area contributed by atoms with E-state index >= 15 is 0 Å². The molecule has 2 fully saturated rings. The van der Waals surface area contributed by atoms with Gasteiger partial charge in [-0.2, -0.15) is 0 Å². The van der Waals surface area contributed by atoms with E-state index in [1.807, 2.05) is 51.9 Å². The van der Waals surface area contributed by atoms with Crippen LogP contribution < -0.4 is 9.64 Å². The van der Waals surface area contributed by atoms with Crippen molar-refractivity contribution in [3.8, 4) is 11.4 Å². The Morgan fingerprint density at radius 1 is 0.864 bits per heavy atom. The standard InChI is InChI=1S/C33H36N6O4S/c40-32(37-21-19-36(20-22-37)27-13-15-29(16-14-27)39(41)42)24-44-33-35-34-31(38(33)28-9-5-2-6-10-28)23-43-30-17-11-26(12-18-30)25-7-3-1-4-8-25/h2,5-6,9-18,25H,1,3-4,7-8,19-24H2. The highest BCUT2D eigenvalue weighted by Gasteiger charge is 2.24. The number of carbonyl (C=O) groups is 1. The Morgan fingerprint density at radius 3 is 2.25 bits per heavy atom. The number of hydrogen-bond acceptors (Lipinski definition) is 8. The van der Waals surface area contributed by atoms with Gasteiger partial charge in [-0.1, -0.05) is 61.4 Å². The smallest absolute Gasteiger partial charge is 0.269 e. The number of rotatable bonds is 10. The first kappa shape index (κ1) is 29.7. The van der Waals surface area contributed by atoms with E-state index in [-0.39, 0.29) is 24.0 Å². The Hall–Kier alpha value is -4.38. The average Bonchev–Trinajstić information content (AvgIpc) is 3.50. The number of amides is 1. The van der Waals surface area contributed by atoms with Crippen LogP contribution in [0.25, 0.3) is 5.69 Å². The zero-order chi connectivity index (χ0) is 30.3. The molecule has 0 atom stereocenters. The van der Waals surface area contributed by atoms with Gasteiger partial charge < -0.3 is 14.5 Å². The summed E-state index contributed by atoms with van der Waals surface area (Å²) in [5.41, 5.74) is 3.29. The fourth-order valence-corrected chi connectivity index (χ4v) is 6.83. The molecular formula is C33H36N6O4S. The van der Waals surface area contributed by atoms with Crippen molar-refractivity contribution < 1.29 is 14.5 Å². The number of piperazine rings is 1. The number of carbonyl (C=O) groups excluding carboxylic acids is 1. The summed E-state index contributed by atoms with van der Waals surface area (Å²) in [6.07, 6.45) is 6.50. The van der Waals surface area contributed by atoms with Gasteiger partial charge in [-0.3, -0.25) is 19.5 Å². The van der Waals surface area contributed by atoms with Crippen molar-refractivity contribution in [3.05, 3.63) is 100 Å². The van der Waals surface area contributed by atoms with E-state index in [0.29, 0.717) is 43.1 Å². The maximum absolute atomic E-state index is 13.2. The number of nitrogens with zero attached hydrogens (tertiary/aromatic N) is 6. The molecule has 0 spiro atoms. The normalized spacial score (nSPS) is 15.7. The van der Waals surface area contributed by atoms with Crippen molar-refractivity contribution >= 4 is 29.0 Å². The molecule has 3 aromatic carbocycles. The van der Waals surface area contributed by atoms with Gasteiger partial charge in [0.15, 0.2) is 11.0 Å². The van der Waals surface area contributed by atoms with E-state index in [1.54, 1.807) is 12.1 Å². The molecule has 4 aromatic rings. The van der Waals surface area contributed by atoms with E-state index in [2.05, 4.69) is 27.2 Å². The Labute approximate surface area is 261 Å². The number of aromatic nitrogens is 3. The second-order valence-corrected chi connectivity index (χ2v) is 12.1. The third kappa shape index (κ3) is 7.05. The summed E-state index contributed by atoms with van der Waals surface area (Å²) < 4.78 is 8.11. The van der Waals surface area contributed by atoms with Crippen LogP contribution in [0.15, 0.2) is 84.0 Å². The van der Waals surface area contributed by atoms with Gasteiger partial charge in [0.05, 0.1) is 10.7 Å². The summed E-state index contributed by atoms with van der Waals surface area (Å²) in [5.74, 6) is 2.40. The molecule has 0 radical (unpaired) electrons. The lowest BCUT2D eigenvalue weighted by Gasteiger charge is -2.36. The fraction of sp³-hybridized carbons (Fsp3) is 0.364. The van der Waals surface area contributed by atoms with Gasteiger partial charge in [0.2, 0.25) is 5.91 Å². The van der Waals surface area contributed by atoms with Gasteiger partial charge in [0.25, 0.3) is 5.69 Å². The van der Waals surface area contributed by atoms with Crippen molar-refractivity contribution in [1.82, 2.24) is 19.7 Å². The highest BCUT2D eigenvalue weighted by Crippen LogP contribution is 2.33. The summed E-state index contributed by atoms with van der Waals surface area (Å²) in [7, 11) is 0. The summed E-state index contributed by atoms with van der Waals surface area (Å²) in [5, 5.41) is 20.5. The number of hydrogen-bond donors (Lipinski definition) is 0. The van der Waals surface area contributed by atoms with Crippen LogP contribution in [0.4, 0.5) is 11.4 Å². The van der Waals surface area contributed by atoms with Gasteiger partial charge >= 0.3 is 0 Å². The second kappa shape index (κ2) is 13.9. The molecule has 10 nitrogen and oxygen atoms in total. The molecular weight excluding hydrogens is 576 g/mol. The van der Waals surface area contributed by atoms with Crippen LogP contribution >= 0.6 is 11.8 Å². The zero-order valence-electron chi connectivity index (χ0n) is 24.6. The number of nitro groups is 1. The molecule has 0 N–H and O–H groups in total. The quantitative estimate of drug-likeness (QED) is 0.118. The molecule has 11 heteroatoms. The molecule has 1 aliphatic carbocycles. The summed E-state index contributed by atoms with van der Waals surface area (Å²) in [6, 6.07) is 24.9. The lowest BCUT2D eigenvalue weighted by molar-refractivity contribution is -0.384. The lowest BCUT2D eigenvalue weighted by atomic mass is 9.84. The molecule has 1 amide bonds. The van der Waals surface area contributed by atoms with Crippen LogP contribution in [0.1, 0.15) is 49.4 Å². The monoisotopic (exact) mass is 612 g/mol. The highest BCUT2D eigenvalue weighted by atomic mass is 32.2. The molecule has 2 heterocycles. The molecule has 1 saturated heterocycles. The average molecular weight is 613 g/mol. The first-order valence-electron chi connectivity index (χ1n) is 15.2. The van der Waals surface area contributed by atoms with Crippen LogP contribution in [-0.4, -0.2) is 62.4 Å². The van der Waals surface area contributed by atoms with Crippen LogP contribution in [-0.2, 0) is 11.4 Å². The van der Waals surface area contributed by atoms with Crippen LogP contribution in [0.2, 0.25) is 0 Å². The lowest BCUT2D eigenvalue weighted by Crippen LogP contribution is -2.49. The van der Waals surface area contributed by atoms with E-state index < -0.39 is 4.92 Å². The second-order valence-electron chi connectivity index (χ2n) is 11.2. The van der Waals surface area contributed by atoms with Crippen molar-refractivity contribution in [3.63, 3.8) is 0 Å².